The highest BCUT2D eigenvalue weighted by molar-refractivity contribution is 5.27. The molecule has 100 valence electrons. The van der Waals surface area contributed by atoms with Crippen LogP contribution in [0.15, 0.2) is 36.9 Å². The van der Waals surface area contributed by atoms with Crippen molar-refractivity contribution in [2.75, 3.05) is 13.1 Å². The van der Waals surface area contributed by atoms with Gasteiger partial charge >= 0.3 is 6.18 Å². The van der Waals surface area contributed by atoms with Gasteiger partial charge in [0, 0.05) is 12.6 Å². The average molecular weight is 258 g/mol. The van der Waals surface area contributed by atoms with Crippen LogP contribution in [-0.2, 0) is 6.18 Å². The van der Waals surface area contributed by atoms with E-state index in [0.717, 1.165) is 24.1 Å². The Morgan fingerprint density at radius 2 is 1.89 bits per heavy atom. The Kier molecular flexibility index (Phi) is 5.37. The molecule has 0 saturated carbocycles. The number of benzene rings is 1. The molecule has 0 heterocycles. The van der Waals surface area contributed by atoms with Gasteiger partial charge in [0.1, 0.15) is 0 Å². The second-order valence-corrected chi connectivity index (χ2v) is 3.94. The highest BCUT2D eigenvalue weighted by Crippen LogP contribution is 2.29. The van der Waals surface area contributed by atoms with E-state index in [9.17, 15) is 13.2 Å². The molecule has 2 nitrogen and oxygen atoms in total. The van der Waals surface area contributed by atoms with Gasteiger partial charge in [-0.1, -0.05) is 18.2 Å². The quantitative estimate of drug-likeness (QED) is 0.608. The molecule has 0 aliphatic carbocycles. The maximum absolute atomic E-state index is 12.4. The van der Waals surface area contributed by atoms with Crippen LogP contribution in [0.25, 0.3) is 0 Å². The van der Waals surface area contributed by atoms with E-state index in [0.29, 0.717) is 13.1 Å². The molecule has 18 heavy (non-hydrogen) atoms. The molecule has 0 spiro atoms. The van der Waals surface area contributed by atoms with Crippen LogP contribution in [0.3, 0.4) is 0 Å². The summed E-state index contributed by atoms with van der Waals surface area (Å²) in [5, 5.41) is 3.17. The Hall–Kier alpha value is -1.33. The van der Waals surface area contributed by atoms with Crippen molar-refractivity contribution in [1.29, 1.82) is 0 Å². The number of hydrogen-bond acceptors (Lipinski definition) is 2. The molecular formula is C13H17F3N2. The molecule has 0 aliphatic heterocycles. The highest BCUT2D eigenvalue weighted by Gasteiger charge is 2.30. The third-order valence-corrected chi connectivity index (χ3v) is 2.62. The molecule has 1 unspecified atom stereocenters. The van der Waals surface area contributed by atoms with Crippen LogP contribution in [0.1, 0.15) is 23.6 Å². The first-order valence-electron chi connectivity index (χ1n) is 5.70. The predicted octanol–water partition coefficient (Wildman–Crippen LogP) is 2.87. The van der Waals surface area contributed by atoms with Crippen molar-refractivity contribution in [3.8, 4) is 0 Å². The fourth-order valence-corrected chi connectivity index (χ4v) is 1.60. The normalized spacial score (nSPS) is 13.3. The number of nitrogens with two attached hydrogens (primary N) is 1. The van der Waals surface area contributed by atoms with Crippen molar-refractivity contribution in [3.63, 3.8) is 0 Å². The molecule has 1 aromatic rings. The molecular weight excluding hydrogens is 241 g/mol. The molecule has 0 aliphatic rings. The number of hydrogen-bond donors (Lipinski definition) is 2. The molecule has 0 saturated heterocycles. The summed E-state index contributed by atoms with van der Waals surface area (Å²) in [6, 6.07) is 4.94. The molecule has 0 bridgehead atoms. The predicted molar refractivity (Wildman–Crippen MR) is 66.1 cm³/mol. The molecule has 1 rings (SSSR count). The topological polar surface area (TPSA) is 38.0 Å². The summed E-state index contributed by atoms with van der Waals surface area (Å²) >= 11 is 0. The van der Waals surface area contributed by atoms with E-state index >= 15 is 0 Å². The van der Waals surface area contributed by atoms with Gasteiger partial charge in [-0.05, 0) is 30.7 Å². The van der Waals surface area contributed by atoms with Gasteiger partial charge in [0.05, 0.1) is 5.56 Å². The Labute approximate surface area is 105 Å². The maximum Gasteiger partial charge on any atom is 0.416 e. The monoisotopic (exact) mass is 258 g/mol. The van der Waals surface area contributed by atoms with Crippen LogP contribution in [0, 0.1) is 0 Å². The first-order valence-corrected chi connectivity index (χ1v) is 5.70. The number of rotatable bonds is 6. The zero-order valence-corrected chi connectivity index (χ0v) is 10.0. The molecule has 0 fully saturated rings. The van der Waals surface area contributed by atoms with E-state index < -0.39 is 11.7 Å². The molecule has 0 amide bonds. The third kappa shape index (κ3) is 4.16. The van der Waals surface area contributed by atoms with Crippen LogP contribution < -0.4 is 11.1 Å². The number of nitrogens with one attached hydrogen (secondary N) is 1. The van der Waals surface area contributed by atoms with Crippen LogP contribution in [0.5, 0.6) is 0 Å². The summed E-state index contributed by atoms with van der Waals surface area (Å²) < 4.78 is 37.2. The van der Waals surface area contributed by atoms with Gasteiger partial charge in [0.15, 0.2) is 0 Å². The van der Waals surface area contributed by atoms with Crippen LogP contribution in [0.2, 0.25) is 0 Å². The Balaban J connectivity index is 2.72. The van der Waals surface area contributed by atoms with Crippen molar-refractivity contribution < 1.29 is 13.2 Å². The van der Waals surface area contributed by atoms with E-state index in [1.807, 2.05) is 0 Å². The zero-order valence-electron chi connectivity index (χ0n) is 10.0. The fourth-order valence-electron chi connectivity index (χ4n) is 1.60. The van der Waals surface area contributed by atoms with E-state index in [1.165, 1.54) is 12.1 Å². The third-order valence-electron chi connectivity index (χ3n) is 2.62. The fraction of sp³-hybridized carbons (Fsp3) is 0.385. The molecule has 0 aromatic heterocycles. The van der Waals surface area contributed by atoms with Gasteiger partial charge in [-0.3, -0.25) is 0 Å². The largest absolute Gasteiger partial charge is 0.416 e. The molecule has 1 aromatic carbocycles. The second-order valence-electron chi connectivity index (χ2n) is 3.94. The van der Waals surface area contributed by atoms with Crippen LogP contribution in [-0.4, -0.2) is 13.1 Å². The number of halogens is 3. The molecule has 1 atom stereocenters. The Morgan fingerprint density at radius 3 is 2.33 bits per heavy atom. The smallest absolute Gasteiger partial charge is 0.329 e. The van der Waals surface area contributed by atoms with Gasteiger partial charge in [-0.2, -0.15) is 13.2 Å². The van der Waals surface area contributed by atoms with Crippen molar-refractivity contribution in [1.82, 2.24) is 5.32 Å². The first-order chi connectivity index (χ1) is 8.49. The van der Waals surface area contributed by atoms with Crippen LogP contribution in [0.4, 0.5) is 13.2 Å². The van der Waals surface area contributed by atoms with Gasteiger partial charge in [-0.15, -0.1) is 6.58 Å². The summed E-state index contributed by atoms with van der Waals surface area (Å²) in [7, 11) is 0. The van der Waals surface area contributed by atoms with E-state index in [2.05, 4.69) is 11.9 Å². The summed E-state index contributed by atoms with van der Waals surface area (Å²) in [6.07, 6.45) is -1.74. The lowest BCUT2D eigenvalue weighted by molar-refractivity contribution is -0.137. The number of alkyl halides is 3. The molecule has 0 radical (unpaired) electrons. The van der Waals surface area contributed by atoms with Crippen molar-refractivity contribution in [3.05, 3.63) is 48.0 Å². The molecule has 3 N–H and O–H groups in total. The average Bonchev–Trinajstić information content (AvgIpc) is 2.34. The lowest BCUT2D eigenvalue weighted by Gasteiger charge is -2.17. The zero-order chi connectivity index (χ0) is 13.6. The van der Waals surface area contributed by atoms with Crippen molar-refractivity contribution in [2.45, 2.75) is 18.6 Å². The maximum atomic E-state index is 12.4. The summed E-state index contributed by atoms with van der Waals surface area (Å²) in [5.41, 5.74) is 5.71. The Bertz CT molecular complexity index is 371. The standard InChI is InChI=1S/C13H17F3N2/c1-2-3-8-18-12(9-17)10-4-6-11(7-5-10)13(14,15)16/h2,4-7,12,18H,1,3,8-9,17H2. The summed E-state index contributed by atoms with van der Waals surface area (Å²) in [5.74, 6) is 0. The SMILES string of the molecule is C=CCCNC(CN)c1ccc(C(F)(F)F)cc1. The highest BCUT2D eigenvalue weighted by atomic mass is 19.4. The van der Waals surface area contributed by atoms with Crippen molar-refractivity contribution in [2.24, 2.45) is 5.73 Å². The second kappa shape index (κ2) is 6.56. The van der Waals surface area contributed by atoms with Gasteiger partial charge in [-0.25, -0.2) is 0 Å². The first kappa shape index (κ1) is 14.7. The minimum absolute atomic E-state index is 0.132. The van der Waals surface area contributed by atoms with Crippen LogP contribution >= 0.6 is 0 Å². The summed E-state index contributed by atoms with van der Waals surface area (Å²) in [4.78, 5) is 0. The van der Waals surface area contributed by atoms with Gasteiger partial charge in [0.2, 0.25) is 0 Å². The lowest BCUT2D eigenvalue weighted by atomic mass is 10.0. The van der Waals surface area contributed by atoms with Crippen molar-refractivity contribution >= 4 is 0 Å². The summed E-state index contributed by atoms with van der Waals surface area (Å²) in [6.45, 7) is 4.64. The van der Waals surface area contributed by atoms with E-state index in [1.54, 1.807) is 6.08 Å². The van der Waals surface area contributed by atoms with E-state index in [4.69, 9.17) is 5.73 Å². The Morgan fingerprint density at radius 1 is 1.28 bits per heavy atom. The minimum atomic E-state index is -4.30. The van der Waals surface area contributed by atoms with E-state index in [-0.39, 0.29) is 6.04 Å². The van der Waals surface area contributed by atoms with Gasteiger partial charge < -0.3 is 11.1 Å². The minimum Gasteiger partial charge on any atom is -0.329 e. The molecule has 5 heteroatoms. The lowest BCUT2D eigenvalue weighted by Crippen LogP contribution is -2.28. The van der Waals surface area contributed by atoms with Gasteiger partial charge in [0.25, 0.3) is 0 Å².